The number of pyridine rings is 1. The van der Waals surface area contributed by atoms with Gasteiger partial charge in [-0.05, 0) is 24.0 Å². The highest BCUT2D eigenvalue weighted by atomic mass is 16.2. The second-order valence-corrected chi connectivity index (χ2v) is 8.61. The van der Waals surface area contributed by atoms with Crippen LogP contribution in [0.5, 0.6) is 0 Å². The standard InChI is InChI=1S/C23H24N4O4/c28-20-8-4-7-19-17-9-16(13-26(19)20)11-25(14-17)21(29)10-18-22(30)27(23(31)24-18)12-15-5-2-1-3-6-15/h1-8,16-18H,9-14H2,(H,24,31)/t16-,17+,18-/m1/s1. The van der Waals surface area contributed by atoms with Crippen LogP contribution in [0.4, 0.5) is 4.79 Å². The quantitative estimate of drug-likeness (QED) is 0.755. The molecule has 1 aromatic carbocycles. The van der Waals surface area contributed by atoms with Crippen molar-refractivity contribution in [2.45, 2.75) is 37.9 Å². The van der Waals surface area contributed by atoms with Gasteiger partial charge in [0.25, 0.3) is 11.5 Å². The molecule has 1 aromatic heterocycles. The smallest absolute Gasteiger partial charge is 0.325 e. The number of hydrogen-bond donors (Lipinski definition) is 1. The van der Waals surface area contributed by atoms with E-state index in [9.17, 15) is 19.2 Å². The van der Waals surface area contributed by atoms with Crippen molar-refractivity contribution in [2.75, 3.05) is 13.1 Å². The van der Waals surface area contributed by atoms with E-state index >= 15 is 0 Å². The molecule has 4 amide bonds. The number of imide groups is 1. The minimum Gasteiger partial charge on any atom is -0.342 e. The number of aromatic nitrogens is 1. The Bertz CT molecular complexity index is 1100. The molecule has 3 atom stereocenters. The molecule has 4 heterocycles. The van der Waals surface area contributed by atoms with E-state index in [1.165, 1.54) is 4.90 Å². The molecule has 8 nitrogen and oxygen atoms in total. The number of carbonyl (C=O) groups is 3. The number of benzene rings is 1. The lowest BCUT2D eigenvalue weighted by Crippen LogP contribution is -2.50. The minimum atomic E-state index is -0.833. The Kier molecular flexibility index (Phi) is 4.84. The fourth-order valence-electron chi connectivity index (χ4n) is 5.03. The lowest BCUT2D eigenvalue weighted by atomic mass is 9.83. The summed E-state index contributed by atoms with van der Waals surface area (Å²) in [6.45, 7) is 1.90. The van der Waals surface area contributed by atoms with Gasteiger partial charge in [0.1, 0.15) is 6.04 Å². The number of nitrogens with zero attached hydrogens (tertiary/aromatic N) is 3. The second-order valence-electron chi connectivity index (χ2n) is 8.61. The summed E-state index contributed by atoms with van der Waals surface area (Å²) in [6, 6.07) is 13.3. The summed E-state index contributed by atoms with van der Waals surface area (Å²) >= 11 is 0. The third kappa shape index (κ3) is 3.62. The maximum absolute atomic E-state index is 13.0. The third-order valence-electron chi connectivity index (χ3n) is 6.50. The van der Waals surface area contributed by atoms with E-state index in [4.69, 9.17) is 0 Å². The van der Waals surface area contributed by atoms with Crippen molar-refractivity contribution < 1.29 is 14.4 Å². The topological polar surface area (TPSA) is 91.7 Å². The molecule has 8 heteroatoms. The molecule has 2 bridgehead atoms. The van der Waals surface area contributed by atoms with E-state index in [2.05, 4.69) is 5.32 Å². The molecule has 0 spiro atoms. The van der Waals surface area contributed by atoms with E-state index in [-0.39, 0.29) is 42.2 Å². The Morgan fingerprint density at radius 1 is 0.968 bits per heavy atom. The van der Waals surface area contributed by atoms with Crippen LogP contribution in [0.1, 0.15) is 30.0 Å². The average Bonchev–Trinajstić information content (AvgIpc) is 3.02. The van der Waals surface area contributed by atoms with E-state index in [1.54, 1.807) is 17.0 Å². The number of nitrogens with one attached hydrogen (secondary N) is 1. The fraction of sp³-hybridized carbons (Fsp3) is 0.391. The summed E-state index contributed by atoms with van der Waals surface area (Å²) in [5.74, 6) is -0.162. The van der Waals surface area contributed by atoms with Gasteiger partial charge in [0, 0.05) is 37.3 Å². The van der Waals surface area contributed by atoms with Gasteiger partial charge in [-0.1, -0.05) is 36.4 Å². The van der Waals surface area contributed by atoms with Crippen LogP contribution in [0.15, 0.2) is 53.3 Å². The summed E-state index contributed by atoms with van der Waals surface area (Å²) in [7, 11) is 0. The lowest BCUT2D eigenvalue weighted by molar-refractivity contribution is -0.137. The van der Waals surface area contributed by atoms with E-state index in [0.29, 0.717) is 19.6 Å². The molecular weight excluding hydrogens is 396 g/mol. The second kappa shape index (κ2) is 7.68. The van der Waals surface area contributed by atoms with Crippen molar-refractivity contribution in [1.82, 2.24) is 19.7 Å². The molecule has 2 fully saturated rings. The van der Waals surface area contributed by atoms with Gasteiger partial charge < -0.3 is 14.8 Å². The Hall–Kier alpha value is -3.42. The van der Waals surface area contributed by atoms with Gasteiger partial charge in [-0.25, -0.2) is 4.79 Å². The Morgan fingerprint density at radius 2 is 1.77 bits per heavy atom. The summed E-state index contributed by atoms with van der Waals surface area (Å²) < 4.78 is 1.82. The van der Waals surface area contributed by atoms with Gasteiger partial charge in [-0.2, -0.15) is 0 Å². The molecule has 31 heavy (non-hydrogen) atoms. The van der Waals surface area contributed by atoms with Crippen LogP contribution in [-0.4, -0.2) is 51.3 Å². The average molecular weight is 420 g/mol. The number of likely N-dealkylation sites (tertiary alicyclic amines) is 1. The summed E-state index contributed by atoms with van der Waals surface area (Å²) in [5, 5.41) is 2.66. The predicted molar refractivity (Wildman–Crippen MR) is 112 cm³/mol. The van der Waals surface area contributed by atoms with Gasteiger partial charge >= 0.3 is 6.03 Å². The Morgan fingerprint density at radius 3 is 2.58 bits per heavy atom. The van der Waals surface area contributed by atoms with Crippen LogP contribution in [0.2, 0.25) is 0 Å². The first-order chi connectivity index (χ1) is 15.0. The normalized spacial score (nSPS) is 24.7. The molecule has 0 saturated carbocycles. The molecule has 3 aliphatic heterocycles. The maximum Gasteiger partial charge on any atom is 0.325 e. The van der Waals surface area contributed by atoms with Crippen molar-refractivity contribution in [3.63, 3.8) is 0 Å². The Balaban J connectivity index is 1.25. The number of carbonyl (C=O) groups excluding carboxylic acids is 3. The highest BCUT2D eigenvalue weighted by molar-refractivity contribution is 6.05. The predicted octanol–water partition coefficient (Wildman–Crippen LogP) is 1.30. The monoisotopic (exact) mass is 420 g/mol. The zero-order valence-electron chi connectivity index (χ0n) is 17.1. The molecule has 1 N–H and O–H groups in total. The van der Waals surface area contributed by atoms with Gasteiger partial charge in [-0.3, -0.25) is 19.3 Å². The van der Waals surface area contributed by atoms with Crippen molar-refractivity contribution in [2.24, 2.45) is 5.92 Å². The zero-order chi connectivity index (χ0) is 21.5. The van der Waals surface area contributed by atoms with Gasteiger partial charge in [0.05, 0.1) is 13.0 Å². The van der Waals surface area contributed by atoms with Crippen LogP contribution in [0.25, 0.3) is 0 Å². The zero-order valence-corrected chi connectivity index (χ0v) is 17.1. The van der Waals surface area contributed by atoms with Gasteiger partial charge in [0.15, 0.2) is 0 Å². The molecular formula is C23H24N4O4. The summed E-state index contributed by atoms with van der Waals surface area (Å²) in [4.78, 5) is 53.2. The first-order valence-electron chi connectivity index (χ1n) is 10.6. The van der Waals surface area contributed by atoms with E-state index in [0.717, 1.165) is 17.7 Å². The fourth-order valence-corrected chi connectivity index (χ4v) is 5.03. The number of amides is 4. The maximum atomic E-state index is 13.0. The van der Waals surface area contributed by atoms with Crippen molar-refractivity contribution in [3.05, 3.63) is 70.1 Å². The van der Waals surface area contributed by atoms with Crippen LogP contribution >= 0.6 is 0 Å². The molecule has 3 aliphatic rings. The molecule has 0 aliphatic carbocycles. The van der Waals surface area contributed by atoms with Crippen LogP contribution in [0, 0.1) is 5.92 Å². The van der Waals surface area contributed by atoms with Gasteiger partial charge in [-0.15, -0.1) is 0 Å². The molecule has 0 unspecified atom stereocenters. The molecule has 2 aromatic rings. The SMILES string of the molecule is O=C(C[C@H]1NC(=O)N(Cc2ccccc2)C1=O)N1C[C@H]2C[C@@H](C1)c1cccc(=O)n1C2. The molecule has 2 saturated heterocycles. The summed E-state index contributed by atoms with van der Waals surface area (Å²) in [6.07, 6.45) is 0.911. The number of piperidine rings is 1. The van der Waals surface area contributed by atoms with Crippen LogP contribution < -0.4 is 10.9 Å². The van der Waals surface area contributed by atoms with Crippen molar-refractivity contribution in [3.8, 4) is 0 Å². The highest BCUT2D eigenvalue weighted by Crippen LogP contribution is 2.35. The molecule has 160 valence electrons. The largest absolute Gasteiger partial charge is 0.342 e. The number of fused-ring (bicyclic) bond motifs is 4. The van der Waals surface area contributed by atoms with E-state index < -0.39 is 12.1 Å². The van der Waals surface area contributed by atoms with Gasteiger partial charge in [0.2, 0.25) is 5.91 Å². The van der Waals surface area contributed by atoms with Crippen LogP contribution in [0.3, 0.4) is 0 Å². The number of urea groups is 1. The number of hydrogen-bond acceptors (Lipinski definition) is 4. The van der Waals surface area contributed by atoms with Crippen molar-refractivity contribution >= 4 is 17.8 Å². The van der Waals surface area contributed by atoms with Crippen molar-refractivity contribution in [1.29, 1.82) is 0 Å². The first-order valence-corrected chi connectivity index (χ1v) is 10.6. The minimum absolute atomic E-state index is 0.00440. The highest BCUT2D eigenvalue weighted by Gasteiger charge is 2.41. The lowest BCUT2D eigenvalue weighted by Gasteiger charge is -2.43. The first kappa shape index (κ1) is 19.5. The third-order valence-corrected chi connectivity index (χ3v) is 6.50. The Labute approximate surface area is 179 Å². The molecule has 5 rings (SSSR count). The number of rotatable bonds is 4. The van der Waals surface area contributed by atoms with Crippen LogP contribution in [-0.2, 0) is 22.7 Å². The molecule has 0 radical (unpaired) electrons. The van der Waals surface area contributed by atoms with E-state index in [1.807, 2.05) is 41.0 Å². The summed E-state index contributed by atoms with van der Waals surface area (Å²) in [5.41, 5.74) is 1.83.